The van der Waals surface area contributed by atoms with Crippen molar-refractivity contribution in [1.29, 1.82) is 0 Å². The number of carbonyl (C=O) groups is 2. The van der Waals surface area contributed by atoms with Gasteiger partial charge in [-0.25, -0.2) is 12.7 Å². The zero-order chi connectivity index (χ0) is 15.2. The Morgan fingerprint density at radius 2 is 1.90 bits per heavy atom. The molecule has 9 heteroatoms. The third-order valence-electron chi connectivity index (χ3n) is 2.91. The molecule has 0 saturated carbocycles. The van der Waals surface area contributed by atoms with Gasteiger partial charge in [-0.3, -0.25) is 14.5 Å². The topological polar surface area (TPSA) is 104 Å². The lowest BCUT2D eigenvalue weighted by atomic mass is 10.4. The van der Waals surface area contributed by atoms with Crippen LogP contribution in [0.2, 0.25) is 0 Å². The fraction of sp³-hybridized carbons (Fsp3) is 0.818. The van der Waals surface area contributed by atoms with Gasteiger partial charge >= 0.3 is 11.9 Å². The van der Waals surface area contributed by atoms with Crippen molar-refractivity contribution in [2.45, 2.75) is 13.3 Å². The molecule has 1 heterocycles. The molecule has 0 aromatic rings. The summed E-state index contributed by atoms with van der Waals surface area (Å²) in [5.74, 6) is -2.37. The number of nitrogens with zero attached hydrogens (tertiary/aromatic N) is 2. The average molecular weight is 308 g/mol. The van der Waals surface area contributed by atoms with E-state index < -0.39 is 27.7 Å². The zero-order valence-electron chi connectivity index (χ0n) is 11.4. The number of carboxylic acids is 1. The molecule has 20 heavy (non-hydrogen) atoms. The molecule has 0 amide bonds. The van der Waals surface area contributed by atoms with Gasteiger partial charge in [0.1, 0.15) is 0 Å². The van der Waals surface area contributed by atoms with Crippen molar-refractivity contribution < 1.29 is 27.9 Å². The van der Waals surface area contributed by atoms with Gasteiger partial charge in [-0.2, -0.15) is 0 Å². The second-order valence-electron chi connectivity index (χ2n) is 4.48. The van der Waals surface area contributed by atoms with E-state index in [0.29, 0.717) is 19.5 Å². The van der Waals surface area contributed by atoms with Gasteiger partial charge in [-0.1, -0.05) is 0 Å². The van der Waals surface area contributed by atoms with Crippen LogP contribution in [-0.4, -0.2) is 79.8 Å². The van der Waals surface area contributed by atoms with Gasteiger partial charge < -0.3 is 9.84 Å². The maximum absolute atomic E-state index is 12.0. The third kappa shape index (κ3) is 5.43. The largest absolute Gasteiger partial charge is 0.480 e. The molecule has 0 atom stereocenters. The highest BCUT2D eigenvalue weighted by molar-refractivity contribution is 7.89. The Bertz CT molecular complexity index is 450. The van der Waals surface area contributed by atoms with E-state index in [1.54, 1.807) is 11.8 Å². The first-order valence-corrected chi connectivity index (χ1v) is 8.03. The van der Waals surface area contributed by atoms with Crippen molar-refractivity contribution in [2.75, 3.05) is 45.1 Å². The van der Waals surface area contributed by atoms with Gasteiger partial charge in [-0.05, 0) is 13.3 Å². The molecule has 8 nitrogen and oxygen atoms in total. The lowest BCUT2D eigenvalue weighted by molar-refractivity contribution is -0.140. The molecule has 0 aliphatic carbocycles. The van der Waals surface area contributed by atoms with Crippen LogP contribution in [0.3, 0.4) is 0 Å². The Kier molecular flexibility index (Phi) is 6.37. The SMILES string of the molecule is CCOC(=O)CS(=O)(=O)N1CCCN(CC(=O)O)CC1. The molecule has 1 saturated heterocycles. The second kappa shape index (κ2) is 7.55. The lowest BCUT2D eigenvalue weighted by Crippen LogP contribution is -2.39. The van der Waals surface area contributed by atoms with Gasteiger partial charge in [0, 0.05) is 26.2 Å². The molecule has 0 bridgehead atoms. The number of hydrogen-bond donors (Lipinski definition) is 1. The molecular weight excluding hydrogens is 288 g/mol. The Labute approximate surface area is 118 Å². The van der Waals surface area contributed by atoms with Crippen LogP contribution < -0.4 is 0 Å². The number of aliphatic carboxylic acids is 1. The highest BCUT2D eigenvalue weighted by Crippen LogP contribution is 2.09. The summed E-state index contributed by atoms with van der Waals surface area (Å²) in [6, 6.07) is 0. The normalized spacial score (nSPS) is 18.4. The average Bonchev–Trinajstić information content (AvgIpc) is 2.53. The van der Waals surface area contributed by atoms with Crippen molar-refractivity contribution in [2.24, 2.45) is 0 Å². The second-order valence-corrected chi connectivity index (χ2v) is 6.45. The van der Waals surface area contributed by atoms with Gasteiger partial charge in [0.05, 0.1) is 13.2 Å². The smallest absolute Gasteiger partial charge is 0.322 e. The Balaban J connectivity index is 2.59. The molecule has 0 unspecified atom stereocenters. The minimum absolute atomic E-state index is 0.105. The number of rotatable bonds is 6. The van der Waals surface area contributed by atoms with Crippen LogP contribution in [0.25, 0.3) is 0 Å². The Hall–Kier alpha value is -1.19. The molecule has 1 aliphatic heterocycles. The molecule has 0 spiro atoms. The first-order valence-electron chi connectivity index (χ1n) is 6.42. The highest BCUT2D eigenvalue weighted by atomic mass is 32.2. The molecule has 0 aromatic carbocycles. The zero-order valence-corrected chi connectivity index (χ0v) is 12.3. The number of hydrogen-bond acceptors (Lipinski definition) is 6. The van der Waals surface area contributed by atoms with Gasteiger partial charge in [0.2, 0.25) is 10.0 Å². The van der Waals surface area contributed by atoms with Crippen LogP contribution in [0.1, 0.15) is 13.3 Å². The molecule has 116 valence electrons. The number of carboxylic acid groups (broad SMARTS) is 1. The van der Waals surface area contributed by atoms with E-state index in [2.05, 4.69) is 4.74 Å². The molecule has 1 N–H and O–H groups in total. The van der Waals surface area contributed by atoms with Crippen LogP contribution in [0.4, 0.5) is 0 Å². The fourth-order valence-corrected chi connectivity index (χ4v) is 3.35. The van der Waals surface area contributed by atoms with E-state index in [1.807, 2.05) is 0 Å². The number of sulfonamides is 1. The van der Waals surface area contributed by atoms with Gasteiger partial charge in [0.25, 0.3) is 0 Å². The first-order chi connectivity index (χ1) is 9.35. The summed E-state index contributed by atoms with van der Waals surface area (Å²) in [6.07, 6.45) is 0.537. The van der Waals surface area contributed by atoms with E-state index in [-0.39, 0.29) is 26.2 Å². The predicted molar refractivity (Wildman–Crippen MR) is 70.7 cm³/mol. The van der Waals surface area contributed by atoms with E-state index in [9.17, 15) is 18.0 Å². The minimum Gasteiger partial charge on any atom is -0.480 e. The van der Waals surface area contributed by atoms with Crippen molar-refractivity contribution in [3.8, 4) is 0 Å². The standard InChI is InChI=1S/C11H20N2O6S/c1-2-19-11(16)9-20(17,18)13-5-3-4-12(6-7-13)8-10(14)15/h2-9H2,1H3,(H,14,15). The van der Waals surface area contributed by atoms with Crippen molar-refractivity contribution in [1.82, 2.24) is 9.21 Å². The monoisotopic (exact) mass is 308 g/mol. The van der Waals surface area contributed by atoms with Crippen molar-refractivity contribution >= 4 is 22.0 Å². The Morgan fingerprint density at radius 3 is 2.50 bits per heavy atom. The minimum atomic E-state index is -3.70. The number of carbonyl (C=O) groups excluding carboxylic acids is 1. The first kappa shape index (κ1) is 16.9. The van der Waals surface area contributed by atoms with Crippen molar-refractivity contribution in [3.63, 3.8) is 0 Å². The molecular formula is C11H20N2O6S. The maximum Gasteiger partial charge on any atom is 0.322 e. The molecule has 1 fully saturated rings. The van der Waals surface area contributed by atoms with Crippen molar-refractivity contribution in [3.05, 3.63) is 0 Å². The van der Waals surface area contributed by atoms with Crippen LogP contribution in [0, 0.1) is 0 Å². The van der Waals surface area contributed by atoms with Gasteiger partial charge in [-0.15, -0.1) is 0 Å². The van der Waals surface area contributed by atoms with E-state index >= 15 is 0 Å². The summed E-state index contributed by atoms with van der Waals surface area (Å²) < 4.78 is 30.0. The Morgan fingerprint density at radius 1 is 1.20 bits per heavy atom. The fourth-order valence-electron chi connectivity index (χ4n) is 2.02. The lowest BCUT2D eigenvalue weighted by Gasteiger charge is -2.20. The van der Waals surface area contributed by atoms with E-state index in [1.165, 1.54) is 4.31 Å². The molecule has 0 aromatic heterocycles. The maximum atomic E-state index is 12.0. The summed E-state index contributed by atoms with van der Waals surface area (Å²) >= 11 is 0. The van der Waals surface area contributed by atoms with Gasteiger partial charge in [0.15, 0.2) is 5.75 Å². The summed E-state index contributed by atoms with van der Waals surface area (Å²) in [5, 5.41) is 8.73. The number of esters is 1. The predicted octanol–water partition coefficient (Wildman–Crippen LogP) is -1.03. The molecule has 0 radical (unpaired) electrons. The van der Waals surface area contributed by atoms with E-state index in [0.717, 1.165) is 0 Å². The summed E-state index contributed by atoms with van der Waals surface area (Å²) in [7, 11) is -3.70. The summed E-state index contributed by atoms with van der Waals surface area (Å²) in [5.41, 5.74) is 0. The quantitative estimate of drug-likeness (QED) is 0.626. The third-order valence-corrected chi connectivity index (χ3v) is 4.66. The van der Waals surface area contributed by atoms with Crippen LogP contribution in [0.5, 0.6) is 0 Å². The van der Waals surface area contributed by atoms with Crippen LogP contribution in [-0.2, 0) is 24.3 Å². The van der Waals surface area contributed by atoms with Crippen LogP contribution in [0.15, 0.2) is 0 Å². The van der Waals surface area contributed by atoms with E-state index in [4.69, 9.17) is 5.11 Å². The molecule has 1 aliphatic rings. The summed E-state index contributed by atoms with van der Waals surface area (Å²) in [4.78, 5) is 23.6. The summed E-state index contributed by atoms with van der Waals surface area (Å²) in [6.45, 7) is 2.99. The number of ether oxygens (including phenoxy) is 1. The molecule has 1 rings (SSSR count). The van der Waals surface area contributed by atoms with Crippen LogP contribution >= 0.6 is 0 Å². The highest BCUT2D eigenvalue weighted by Gasteiger charge is 2.28.